The van der Waals surface area contributed by atoms with E-state index in [2.05, 4.69) is 31.0 Å². The number of nitrogens with zero attached hydrogens (tertiary/aromatic N) is 2. The second-order valence-corrected chi connectivity index (χ2v) is 7.02. The SMILES string of the molecule is COc1ccccc1N1CCN(CC(=O)Nc2ccc(Br)cc2F)CC1. The smallest absolute Gasteiger partial charge is 0.238 e. The van der Waals surface area contributed by atoms with Crippen molar-refractivity contribution in [3.8, 4) is 5.75 Å². The summed E-state index contributed by atoms with van der Waals surface area (Å²) in [5.74, 6) is 0.190. The maximum absolute atomic E-state index is 13.8. The number of halogens is 2. The second-order valence-electron chi connectivity index (χ2n) is 6.11. The molecular formula is C19H21BrFN3O2. The molecule has 0 atom stereocenters. The molecule has 0 aromatic heterocycles. The van der Waals surface area contributed by atoms with Crippen LogP contribution in [-0.4, -0.2) is 50.6 Å². The van der Waals surface area contributed by atoms with Gasteiger partial charge >= 0.3 is 0 Å². The summed E-state index contributed by atoms with van der Waals surface area (Å²) >= 11 is 3.20. The number of nitrogens with one attached hydrogen (secondary N) is 1. The number of amides is 1. The van der Waals surface area contributed by atoms with Crippen molar-refractivity contribution in [1.82, 2.24) is 4.90 Å². The number of methoxy groups -OCH3 is 1. The van der Waals surface area contributed by atoms with E-state index in [0.29, 0.717) is 4.47 Å². The van der Waals surface area contributed by atoms with Gasteiger partial charge in [0.2, 0.25) is 5.91 Å². The van der Waals surface area contributed by atoms with Crippen LogP contribution in [0.4, 0.5) is 15.8 Å². The minimum Gasteiger partial charge on any atom is -0.495 e. The van der Waals surface area contributed by atoms with Crippen molar-refractivity contribution in [3.05, 3.63) is 52.8 Å². The Kier molecular flexibility index (Phi) is 6.11. The van der Waals surface area contributed by atoms with Crippen LogP contribution < -0.4 is 15.0 Å². The zero-order valence-corrected chi connectivity index (χ0v) is 16.1. The van der Waals surface area contributed by atoms with Crippen LogP contribution in [0.2, 0.25) is 0 Å². The predicted octanol–water partition coefficient (Wildman–Crippen LogP) is 3.36. The summed E-state index contributed by atoms with van der Waals surface area (Å²) in [6, 6.07) is 12.5. The maximum atomic E-state index is 13.8. The lowest BCUT2D eigenvalue weighted by Gasteiger charge is -2.36. The number of benzene rings is 2. The summed E-state index contributed by atoms with van der Waals surface area (Å²) in [7, 11) is 1.67. The third kappa shape index (κ3) is 4.53. The largest absolute Gasteiger partial charge is 0.495 e. The quantitative estimate of drug-likeness (QED) is 0.803. The number of carbonyl (C=O) groups is 1. The van der Waals surface area contributed by atoms with Crippen LogP contribution in [0, 0.1) is 5.82 Å². The highest BCUT2D eigenvalue weighted by molar-refractivity contribution is 9.10. The van der Waals surface area contributed by atoms with Gasteiger partial charge in [0.15, 0.2) is 0 Å². The molecule has 0 radical (unpaired) electrons. The Balaban J connectivity index is 1.53. The van der Waals surface area contributed by atoms with Gasteiger partial charge in [0.25, 0.3) is 0 Å². The highest BCUT2D eigenvalue weighted by Gasteiger charge is 2.21. The standard InChI is InChI=1S/C19H21BrFN3O2/c1-26-18-5-3-2-4-17(18)24-10-8-23(9-11-24)13-19(25)22-16-7-6-14(20)12-15(16)21/h2-7,12H,8-11,13H2,1H3,(H,22,25). The van der Waals surface area contributed by atoms with Crippen molar-refractivity contribution < 1.29 is 13.9 Å². The summed E-state index contributed by atoms with van der Waals surface area (Å²) in [6.07, 6.45) is 0. The van der Waals surface area contributed by atoms with E-state index >= 15 is 0 Å². The molecule has 2 aromatic rings. The molecule has 3 rings (SSSR count). The van der Waals surface area contributed by atoms with Crippen molar-refractivity contribution in [1.29, 1.82) is 0 Å². The van der Waals surface area contributed by atoms with Gasteiger partial charge in [-0.1, -0.05) is 28.1 Å². The van der Waals surface area contributed by atoms with Gasteiger partial charge in [0.1, 0.15) is 11.6 Å². The van der Waals surface area contributed by atoms with Crippen LogP contribution in [0.1, 0.15) is 0 Å². The first-order valence-electron chi connectivity index (χ1n) is 8.42. The van der Waals surface area contributed by atoms with E-state index in [4.69, 9.17) is 4.74 Å². The summed E-state index contributed by atoms with van der Waals surface area (Å²) in [6.45, 7) is 3.37. The van der Waals surface area contributed by atoms with Gasteiger partial charge in [0.05, 0.1) is 25.0 Å². The third-order valence-corrected chi connectivity index (χ3v) is 4.86. The van der Waals surface area contributed by atoms with Crippen LogP contribution in [-0.2, 0) is 4.79 Å². The maximum Gasteiger partial charge on any atom is 0.238 e. The van der Waals surface area contributed by atoms with Gasteiger partial charge in [-0.15, -0.1) is 0 Å². The van der Waals surface area contributed by atoms with Crippen molar-refractivity contribution >= 4 is 33.2 Å². The molecule has 0 unspecified atom stereocenters. The van der Waals surface area contributed by atoms with Crippen LogP contribution >= 0.6 is 15.9 Å². The van der Waals surface area contributed by atoms with Gasteiger partial charge < -0.3 is 15.0 Å². The molecule has 1 aliphatic heterocycles. The number of para-hydroxylation sites is 2. The topological polar surface area (TPSA) is 44.8 Å². The molecule has 1 N–H and O–H groups in total. The van der Waals surface area contributed by atoms with E-state index in [1.54, 1.807) is 19.2 Å². The highest BCUT2D eigenvalue weighted by Crippen LogP contribution is 2.28. The Morgan fingerprint density at radius 1 is 1.19 bits per heavy atom. The molecule has 0 saturated carbocycles. The third-order valence-electron chi connectivity index (χ3n) is 4.37. The van der Waals surface area contributed by atoms with E-state index in [1.807, 2.05) is 24.3 Å². The first-order chi connectivity index (χ1) is 12.6. The van der Waals surface area contributed by atoms with Crippen molar-refractivity contribution in [3.63, 3.8) is 0 Å². The molecule has 1 amide bonds. The minimum absolute atomic E-state index is 0.200. The first-order valence-corrected chi connectivity index (χ1v) is 9.21. The molecule has 2 aromatic carbocycles. The lowest BCUT2D eigenvalue weighted by Crippen LogP contribution is -2.48. The molecule has 0 spiro atoms. The Morgan fingerprint density at radius 2 is 1.92 bits per heavy atom. The average molecular weight is 422 g/mol. The fourth-order valence-corrected chi connectivity index (χ4v) is 3.35. The first kappa shape index (κ1) is 18.7. The van der Waals surface area contributed by atoms with Crippen LogP contribution in [0.5, 0.6) is 5.75 Å². The molecule has 138 valence electrons. The second kappa shape index (κ2) is 8.51. The molecule has 1 fully saturated rings. The monoisotopic (exact) mass is 421 g/mol. The Hall–Kier alpha value is -2.12. The van der Waals surface area contributed by atoms with Crippen molar-refractivity contribution in [2.75, 3.05) is 50.1 Å². The zero-order valence-electron chi connectivity index (χ0n) is 14.5. The number of hydrogen-bond acceptors (Lipinski definition) is 4. The number of rotatable bonds is 5. The Labute approximate surface area is 160 Å². The summed E-state index contributed by atoms with van der Waals surface area (Å²) < 4.78 is 19.9. The molecular weight excluding hydrogens is 401 g/mol. The predicted molar refractivity (Wildman–Crippen MR) is 104 cm³/mol. The fourth-order valence-electron chi connectivity index (χ4n) is 3.02. The Morgan fingerprint density at radius 3 is 2.62 bits per heavy atom. The molecule has 0 aliphatic carbocycles. The molecule has 7 heteroatoms. The van der Waals surface area contributed by atoms with Crippen LogP contribution in [0.25, 0.3) is 0 Å². The van der Waals surface area contributed by atoms with Gasteiger partial charge in [0, 0.05) is 30.7 Å². The number of piperazine rings is 1. The van der Waals surface area contributed by atoms with Gasteiger partial charge in [-0.05, 0) is 30.3 Å². The van der Waals surface area contributed by atoms with E-state index in [9.17, 15) is 9.18 Å². The normalized spacial score (nSPS) is 15.0. The fraction of sp³-hybridized carbons (Fsp3) is 0.316. The summed E-state index contributed by atoms with van der Waals surface area (Å²) in [5, 5.41) is 2.64. The molecule has 1 heterocycles. The Bertz CT molecular complexity index is 779. The zero-order chi connectivity index (χ0) is 18.5. The molecule has 0 bridgehead atoms. The van der Waals surface area contributed by atoms with Gasteiger partial charge in [-0.25, -0.2) is 4.39 Å². The molecule has 5 nitrogen and oxygen atoms in total. The summed E-state index contributed by atoms with van der Waals surface area (Å²) in [4.78, 5) is 16.5. The molecule has 26 heavy (non-hydrogen) atoms. The van der Waals surface area contributed by atoms with Gasteiger partial charge in [-0.3, -0.25) is 9.69 Å². The average Bonchev–Trinajstić information content (AvgIpc) is 2.64. The number of anilines is 2. The molecule has 1 saturated heterocycles. The van der Waals surface area contributed by atoms with E-state index in [1.165, 1.54) is 6.07 Å². The van der Waals surface area contributed by atoms with Crippen LogP contribution in [0.15, 0.2) is 46.9 Å². The summed E-state index contributed by atoms with van der Waals surface area (Å²) in [5.41, 5.74) is 1.27. The van der Waals surface area contributed by atoms with Crippen molar-refractivity contribution in [2.24, 2.45) is 0 Å². The number of carbonyl (C=O) groups excluding carboxylic acids is 1. The minimum atomic E-state index is -0.450. The lowest BCUT2D eigenvalue weighted by atomic mass is 10.2. The van der Waals surface area contributed by atoms with E-state index in [-0.39, 0.29) is 18.1 Å². The van der Waals surface area contributed by atoms with Crippen LogP contribution in [0.3, 0.4) is 0 Å². The van der Waals surface area contributed by atoms with Crippen molar-refractivity contribution in [2.45, 2.75) is 0 Å². The van der Waals surface area contributed by atoms with E-state index < -0.39 is 5.82 Å². The molecule has 1 aliphatic rings. The van der Waals surface area contributed by atoms with Gasteiger partial charge in [-0.2, -0.15) is 0 Å². The number of hydrogen-bond donors (Lipinski definition) is 1. The number of ether oxygens (including phenoxy) is 1. The van der Waals surface area contributed by atoms with E-state index in [0.717, 1.165) is 37.6 Å². The lowest BCUT2D eigenvalue weighted by molar-refractivity contribution is -0.117. The highest BCUT2D eigenvalue weighted by atomic mass is 79.9.